The van der Waals surface area contributed by atoms with E-state index >= 15 is 0 Å². The van der Waals surface area contributed by atoms with Gasteiger partial charge in [0.1, 0.15) is 6.10 Å². The molecule has 0 atom stereocenters. The van der Waals surface area contributed by atoms with Gasteiger partial charge in [0, 0.05) is 13.0 Å². The van der Waals surface area contributed by atoms with Crippen molar-refractivity contribution in [2.24, 2.45) is 11.8 Å². The zero-order valence-corrected chi connectivity index (χ0v) is 33.1. The maximum atomic E-state index is 12.9. The van der Waals surface area contributed by atoms with E-state index in [1.165, 1.54) is 77.0 Å². The smallest absolute Gasteiger partial charge is 0.309 e. The van der Waals surface area contributed by atoms with Crippen LogP contribution in [0.1, 0.15) is 186 Å². The number of ether oxygens (including phenoxy) is 3. The van der Waals surface area contributed by atoms with Gasteiger partial charge < -0.3 is 19.1 Å². The van der Waals surface area contributed by atoms with Crippen molar-refractivity contribution in [1.82, 2.24) is 4.90 Å². The molecule has 1 fully saturated rings. The second-order valence-corrected chi connectivity index (χ2v) is 15.8. The van der Waals surface area contributed by atoms with Gasteiger partial charge in [-0.15, -0.1) is 0 Å². The fourth-order valence-electron chi connectivity index (χ4n) is 7.47. The summed E-state index contributed by atoms with van der Waals surface area (Å²) in [5.74, 6) is 1.01. The van der Waals surface area contributed by atoms with Crippen molar-refractivity contribution in [3.8, 4) is 0 Å². The van der Waals surface area contributed by atoms with Gasteiger partial charge in [-0.1, -0.05) is 114 Å². The molecule has 1 aliphatic carbocycles. The number of esters is 3. The molecular weight excluding hydrogens is 638 g/mol. The molecule has 0 bridgehead atoms. The van der Waals surface area contributed by atoms with Crippen molar-refractivity contribution in [3.63, 3.8) is 0 Å². The summed E-state index contributed by atoms with van der Waals surface area (Å²) in [4.78, 5) is 39.1. The maximum Gasteiger partial charge on any atom is 0.309 e. The van der Waals surface area contributed by atoms with Crippen LogP contribution >= 0.6 is 0 Å². The summed E-state index contributed by atoms with van der Waals surface area (Å²) in [6.07, 6.45) is 39.0. The van der Waals surface area contributed by atoms with Crippen LogP contribution in [0.5, 0.6) is 0 Å². The normalized spacial score (nSPS) is 25.7. The molecule has 0 aromatic heterocycles. The minimum absolute atomic E-state index is 0.0198. The summed E-state index contributed by atoms with van der Waals surface area (Å²) in [5, 5.41) is 0. The molecule has 1 heterocycles. The van der Waals surface area contributed by atoms with E-state index in [1.54, 1.807) is 0 Å². The van der Waals surface area contributed by atoms with Crippen LogP contribution in [-0.4, -0.2) is 62.8 Å². The lowest BCUT2D eigenvalue weighted by Gasteiger charge is -2.36. The predicted molar refractivity (Wildman–Crippen MR) is 210 cm³/mol. The number of carbonyl (C=O) groups is 3. The number of hydrogen-bond donors (Lipinski definition) is 0. The number of hydrogen-bond acceptors (Lipinski definition) is 7. The van der Waals surface area contributed by atoms with Gasteiger partial charge in [0.2, 0.25) is 0 Å². The Balaban J connectivity index is 1.71. The minimum atomic E-state index is -0.123. The van der Waals surface area contributed by atoms with Crippen molar-refractivity contribution in [3.05, 3.63) is 24.3 Å². The van der Waals surface area contributed by atoms with E-state index in [0.717, 1.165) is 102 Å². The average Bonchev–Trinajstić information content (AvgIpc) is 3.08. The fraction of sp³-hybridized carbons (Fsp3) is 0.841. The largest absolute Gasteiger partial charge is 0.465 e. The first kappa shape index (κ1) is 45.0. The molecular formula is C44H77NO6. The van der Waals surface area contributed by atoms with Crippen LogP contribution in [0.15, 0.2) is 24.3 Å². The van der Waals surface area contributed by atoms with Crippen molar-refractivity contribution < 1.29 is 28.6 Å². The van der Waals surface area contributed by atoms with E-state index in [9.17, 15) is 14.4 Å². The van der Waals surface area contributed by atoms with E-state index in [4.69, 9.17) is 14.2 Å². The Morgan fingerprint density at radius 3 is 1.45 bits per heavy atom. The van der Waals surface area contributed by atoms with Crippen molar-refractivity contribution in [2.75, 3.05) is 33.9 Å². The third-order valence-electron chi connectivity index (χ3n) is 10.5. The number of allylic oxidation sites excluding steroid dienone is 2. The van der Waals surface area contributed by atoms with Crippen LogP contribution in [0.4, 0.5) is 0 Å². The summed E-state index contributed by atoms with van der Waals surface area (Å²) in [7, 11) is 4.25. The summed E-state index contributed by atoms with van der Waals surface area (Å²) in [6.45, 7) is 2.16. The quantitative estimate of drug-likeness (QED) is 0.159. The molecule has 7 nitrogen and oxygen atoms in total. The summed E-state index contributed by atoms with van der Waals surface area (Å²) in [5.41, 5.74) is 0. The Bertz CT molecular complexity index is 886. The van der Waals surface area contributed by atoms with Crippen LogP contribution in [0.2, 0.25) is 0 Å². The van der Waals surface area contributed by atoms with Crippen LogP contribution < -0.4 is 0 Å². The Labute approximate surface area is 313 Å². The van der Waals surface area contributed by atoms with Gasteiger partial charge in [0.05, 0.1) is 26.1 Å². The van der Waals surface area contributed by atoms with E-state index in [2.05, 4.69) is 31.1 Å². The second-order valence-electron chi connectivity index (χ2n) is 15.8. The molecule has 2 rings (SSSR count). The van der Waals surface area contributed by atoms with Gasteiger partial charge in [-0.25, -0.2) is 0 Å². The molecule has 51 heavy (non-hydrogen) atoms. The molecule has 0 radical (unpaired) electrons. The Morgan fingerprint density at radius 1 is 0.588 bits per heavy atom. The van der Waals surface area contributed by atoms with Crippen LogP contribution in [0, 0.1) is 11.8 Å². The molecule has 2 aliphatic rings. The van der Waals surface area contributed by atoms with E-state index in [0.29, 0.717) is 38.4 Å². The maximum absolute atomic E-state index is 12.9. The number of rotatable bonds is 5. The molecule has 0 spiro atoms. The summed E-state index contributed by atoms with van der Waals surface area (Å²) < 4.78 is 16.9. The zero-order chi connectivity index (χ0) is 36.6. The minimum Gasteiger partial charge on any atom is -0.465 e. The summed E-state index contributed by atoms with van der Waals surface area (Å²) in [6, 6.07) is 0. The lowest BCUT2D eigenvalue weighted by molar-refractivity contribution is -0.152. The topological polar surface area (TPSA) is 82.1 Å². The fourth-order valence-corrected chi connectivity index (χ4v) is 7.47. The highest BCUT2D eigenvalue weighted by Gasteiger charge is 2.31. The van der Waals surface area contributed by atoms with Crippen molar-refractivity contribution >= 4 is 17.9 Å². The molecule has 0 saturated heterocycles. The van der Waals surface area contributed by atoms with Crippen molar-refractivity contribution in [1.29, 1.82) is 0 Å². The number of carbonyl (C=O) groups excluding carboxylic acids is 3. The Morgan fingerprint density at radius 2 is 1.00 bits per heavy atom. The monoisotopic (exact) mass is 716 g/mol. The highest BCUT2D eigenvalue weighted by molar-refractivity contribution is 5.71. The lowest BCUT2D eigenvalue weighted by atomic mass is 9.73. The van der Waals surface area contributed by atoms with Crippen LogP contribution in [-0.2, 0) is 28.6 Å². The van der Waals surface area contributed by atoms with Gasteiger partial charge in [0.25, 0.3) is 0 Å². The van der Waals surface area contributed by atoms with E-state index < -0.39 is 0 Å². The molecule has 0 aromatic carbocycles. The summed E-state index contributed by atoms with van der Waals surface area (Å²) >= 11 is 0. The standard InChI is InChI=1S/C44H77NO6/c1-45(2)38-40-35-39(36-40)37-44(48)51-41-29-23-17-11-5-3-7-13-19-25-31-42(46)49-33-27-21-15-9-10-16-22-28-34-50-43(47)32-26-20-14-8-4-6-12-18-24-30-41/h19-20,25-26,39-41H,3-18,21-24,27-38H2,1-2H3/b25-19-,26-20-. The first-order valence-electron chi connectivity index (χ1n) is 21.4. The SMILES string of the molecule is CN(C)CC1CC(CC(=O)OC2CCCCCCCC/C=C\CC(=O)OCCCCCCCCCCOC(=O)C/C=C\CCCCCCCC2)C1. The van der Waals surface area contributed by atoms with Crippen LogP contribution in [0.3, 0.4) is 0 Å². The van der Waals surface area contributed by atoms with Crippen molar-refractivity contribution in [2.45, 2.75) is 192 Å². The van der Waals surface area contributed by atoms with Gasteiger partial charge in [-0.3, -0.25) is 14.4 Å². The molecule has 0 unspecified atom stereocenters. The molecule has 0 amide bonds. The molecule has 7 heteroatoms. The average molecular weight is 716 g/mol. The first-order chi connectivity index (χ1) is 24.9. The van der Waals surface area contributed by atoms with Gasteiger partial charge in [-0.2, -0.15) is 0 Å². The molecule has 0 N–H and O–H groups in total. The lowest BCUT2D eigenvalue weighted by Crippen LogP contribution is -2.34. The highest BCUT2D eigenvalue weighted by atomic mass is 16.5. The van der Waals surface area contributed by atoms with E-state index in [1.807, 2.05) is 12.2 Å². The zero-order valence-electron chi connectivity index (χ0n) is 33.1. The van der Waals surface area contributed by atoms with Crippen LogP contribution in [0.25, 0.3) is 0 Å². The molecule has 1 aliphatic heterocycles. The Hall–Kier alpha value is -2.15. The highest BCUT2D eigenvalue weighted by Crippen LogP contribution is 2.36. The van der Waals surface area contributed by atoms with Gasteiger partial charge in [0.15, 0.2) is 0 Å². The first-order valence-corrected chi connectivity index (χ1v) is 21.4. The molecule has 294 valence electrons. The van der Waals surface area contributed by atoms with Gasteiger partial charge >= 0.3 is 17.9 Å². The predicted octanol–water partition coefficient (Wildman–Crippen LogP) is 11.2. The Kier molecular flexibility index (Phi) is 27.7. The van der Waals surface area contributed by atoms with Gasteiger partial charge in [-0.05, 0) is 103 Å². The molecule has 0 aromatic rings. The number of nitrogens with zero attached hydrogens (tertiary/aromatic N) is 1. The van der Waals surface area contributed by atoms with E-state index in [-0.39, 0.29) is 24.0 Å². The number of cyclic esters (lactones) is 2. The second kappa shape index (κ2) is 31.4. The third kappa shape index (κ3) is 27.2. The molecule has 1 saturated carbocycles. The third-order valence-corrected chi connectivity index (χ3v) is 10.5.